The van der Waals surface area contributed by atoms with E-state index < -0.39 is 0 Å². The van der Waals surface area contributed by atoms with Gasteiger partial charge in [0, 0.05) is 22.7 Å². The van der Waals surface area contributed by atoms with Crippen LogP contribution in [0.25, 0.3) is 10.6 Å². The number of benzene rings is 1. The fraction of sp³-hybridized carbons (Fsp3) is 0.412. The average molecular weight is 335 g/mol. The smallest absolute Gasteiger partial charge is 0.230 e. The van der Waals surface area contributed by atoms with E-state index in [2.05, 4.69) is 29.4 Å². The van der Waals surface area contributed by atoms with Crippen molar-refractivity contribution in [2.24, 2.45) is 0 Å². The van der Waals surface area contributed by atoms with Gasteiger partial charge in [0.2, 0.25) is 5.91 Å². The Morgan fingerprint density at radius 3 is 2.82 bits per heavy atom. The van der Waals surface area contributed by atoms with Crippen LogP contribution in [-0.4, -0.2) is 23.2 Å². The number of unbranched alkanes of at least 4 members (excludes halogenated alkanes) is 1. The Labute approximate surface area is 140 Å². The number of thioether (sulfide) groups is 1. The zero-order valence-electron chi connectivity index (χ0n) is 13.1. The summed E-state index contributed by atoms with van der Waals surface area (Å²) in [4.78, 5) is 17.6. The average Bonchev–Trinajstić information content (AvgIpc) is 2.90. The van der Waals surface area contributed by atoms with Gasteiger partial charge in [0.25, 0.3) is 0 Å². The van der Waals surface area contributed by atoms with Gasteiger partial charge in [0.05, 0.1) is 11.4 Å². The zero-order chi connectivity index (χ0) is 15.8. The minimum atomic E-state index is 0.129. The van der Waals surface area contributed by atoms with Crippen molar-refractivity contribution >= 4 is 29.0 Å². The minimum Gasteiger partial charge on any atom is -0.355 e. The normalized spacial score (nSPS) is 10.6. The van der Waals surface area contributed by atoms with E-state index in [0.29, 0.717) is 5.75 Å². The van der Waals surface area contributed by atoms with Crippen molar-refractivity contribution in [3.63, 3.8) is 0 Å². The Hall–Kier alpha value is -1.33. The number of aryl methyl sites for hydroxylation is 1. The molecule has 0 bridgehead atoms. The van der Waals surface area contributed by atoms with E-state index in [1.165, 1.54) is 4.88 Å². The van der Waals surface area contributed by atoms with Crippen LogP contribution in [0, 0.1) is 6.92 Å². The molecule has 1 aromatic heterocycles. The van der Waals surface area contributed by atoms with Gasteiger partial charge in [-0.3, -0.25) is 4.79 Å². The lowest BCUT2D eigenvalue weighted by Gasteiger charge is -2.03. The predicted octanol–water partition coefficient (Wildman–Crippen LogP) is 4.27. The molecule has 0 aliphatic heterocycles. The third-order valence-corrected chi connectivity index (χ3v) is 5.58. The number of hydrogen-bond acceptors (Lipinski definition) is 4. The van der Waals surface area contributed by atoms with E-state index in [4.69, 9.17) is 0 Å². The Morgan fingerprint density at radius 2 is 2.09 bits per heavy atom. The van der Waals surface area contributed by atoms with Crippen molar-refractivity contribution in [1.29, 1.82) is 0 Å². The minimum absolute atomic E-state index is 0.129. The first-order valence-corrected chi connectivity index (χ1v) is 9.54. The summed E-state index contributed by atoms with van der Waals surface area (Å²) in [7, 11) is 0. The lowest BCUT2D eigenvalue weighted by Crippen LogP contribution is -2.26. The van der Waals surface area contributed by atoms with Gasteiger partial charge in [0.1, 0.15) is 5.01 Å². The lowest BCUT2D eigenvalue weighted by molar-refractivity contribution is -0.118. The number of nitrogens with one attached hydrogen (secondary N) is 1. The highest BCUT2D eigenvalue weighted by Gasteiger charge is 2.10. The number of hydrogen-bond donors (Lipinski definition) is 1. The van der Waals surface area contributed by atoms with Crippen molar-refractivity contribution in [2.75, 3.05) is 12.3 Å². The highest BCUT2D eigenvalue weighted by molar-refractivity contribution is 7.99. The number of carbonyl (C=O) groups is 1. The zero-order valence-corrected chi connectivity index (χ0v) is 14.7. The van der Waals surface area contributed by atoms with Gasteiger partial charge in [-0.05, 0) is 13.3 Å². The molecule has 1 heterocycles. The molecule has 22 heavy (non-hydrogen) atoms. The van der Waals surface area contributed by atoms with Crippen molar-refractivity contribution in [3.8, 4) is 10.6 Å². The van der Waals surface area contributed by atoms with Gasteiger partial charge >= 0.3 is 0 Å². The summed E-state index contributed by atoms with van der Waals surface area (Å²) in [5.74, 6) is 1.49. The molecule has 118 valence electrons. The first-order chi connectivity index (χ1) is 10.7. The Kier molecular flexibility index (Phi) is 6.93. The number of amides is 1. The second kappa shape index (κ2) is 8.96. The molecule has 0 aliphatic carbocycles. The van der Waals surface area contributed by atoms with Crippen LogP contribution >= 0.6 is 23.1 Å². The molecular weight excluding hydrogens is 312 g/mol. The van der Waals surface area contributed by atoms with Gasteiger partial charge in [-0.25, -0.2) is 4.98 Å². The third-order valence-electron chi connectivity index (χ3n) is 3.23. The lowest BCUT2D eigenvalue weighted by atomic mass is 10.2. The number of thiazole rings is 1. The second-order valence-electron chi connectivity index (χ2n) is 5.09. The predicted molar refractivity (Wildman–Crippen MR) is 96.4 cm³/mol. The highest BCUT2D eigenvalue weighted by Crippen LogP contribution is 2.30. The highest BCUT2D eigenvalue weighted by atomic mass is 32.2. The maximum Gasteiger partial charge on any atom is 0.230 e. The summed E-state index contributed by atoms with van der Waals surface area (Å²) < 4.78 is 0. The van der Waals surface area contributed by atoms with Crippen molar-refractivity contribution in [3.05, 3.63) is 40.9 Å². The van der Waals surface area contributed by atoms with Crippen LogP contribution in [0.5, 0.6) is 0 Å². The summed E-state index contributed by atoms with van der Waals surface area (Å²) in [6, 6.07) is 10.2. The van der Waals surface area contributed by atoms with Crippen molar-refractivity contribution < 1.29 is 4.79 Å². The number of carbonyl (C=O) groups excluding carboxylic acids is 1. The molecule has 0 saturated carbocycles. The fourth-order valence-corrected chi connectivity index (χ4v) is 4.09. The molecule has 0 saturated heterocycles. The van der Waals surface area contributed by atoms with E-state index >= 15 is 0 Å². The van der Waals surface area contributed by atoms with E-state index in [1.54, 1.807) is 23.1 Å². The number of aromatic nitrogens is 1. The molecular formula is C17H22N2OS2. The standard InChI is InChI=1S/C17H22N2OS2/c1-3-4-10-18-16(20)12-21-11-15-13(2)19-17(22-15)14-8-6-5-7-9-14/h5-9H,3-4,10-12H2,1-2H3,(H,18,20). The van der Waals surface area contributed by atoms with Gasteiger partial charge in [-0.15, -0.1) is 23.1 Å². The molecule has 0 aliphatic rings. The van der Waals surface area contributed by atoms with Crippen LogP contribution in [0.3, 0.4) is 0 Å². The van der Waals surface area contributed by atoms with Crippen LogP contribution in [0.1, 0.15) is 30.3 Å². The van der Waals surface area contributed by atoms with Crippen LogP contribution in [0.4, 0.5) is 0 Å². The number of nitrogens with zero attached hydrogens (tertiary/aromatic N) is 1. The Balaban J connectivity index is 1.84. The van der Waals surface area contributed by atoms with Gasteiger partial charge in [-0.1, -0.05) is 43.7 Å². The topological polar surface area (TPSA) is 42.0 Å². The molecule has 0 fully saturated rings. The number of rotatable bonds is 8. The van der Waals surface area contributed by atoms with E-state index in [1.807, 2.05) is 25.1 Å². The molecule has 0 radical (unpaired) electrons. The Bertz CT molecular complexity index is 596. The van der Waals surface area contributed by atoms with Crippen molar-refractivity contribution in [1.82, 2.24) is 10.3 Å². The molecule has 2 rings (SSSR count). The molecule has 0 unspecified atom stereocenters. The summed E-state index contributed by atoms with van der Waals surface area (Å²) in [6.07, 6.45) is 2.15. The van der Waals surface area contributed by atoms with E-state index in [9.17, 15) is 4.79 Å². The second-order valence-corrected chi connectivity index (χ2v) is 7.16. The molecule has 3 nitrogen and oxygen atoms in total. The third kappa shape index (κ3) is 5.14. The Morgan fingerprint density at radius 1 is 1.32 bits per heavy atom. The van der Waals surface area contributed by atoms with Crippen molar-refractivity contribution in [2.45, 2.75) is 32.4 Å². The SMILES string of the molecule is CCCCNC(=O)CSCc1sc(-c2ccccc2)nc1C. The van der Waals surface area contributed by atoms with Crippen LogP contribution < -0.4 is 5.32 Å². The summed E-state index contributed by atoms with van der Waals surface area (Å²) in [6.45, 7) is 4.95. The molecule has 5 heteroatoms. The molecule has 0 spiro atoms. The van der Waals surface area contributed by atoms with E-state index in [0.717, 1.165) is 41.4 Å². The largest absolute Gasteiger partial charge is 0.355 e. The summed E-state index contributed by atoms with van der Waals surface area (Å²) in [5, 5.41) is 4.00. The maximum atomic E-state index is 11.7. The molecule has 1 amide bonds. The molecule has 1 aromatic carbocycles. The quantitative estimate of drug-likeness (QED) is 0.733. The first-order valence-electron chi connectivity index (χ1n) is 7.57. The van der Waals surface area contributed by atoms with Gasteiger partial charge in [0.15, 0.2) is 0 Å². The first kappa shape index (κ1) is 17.0. The van der Waals surface area contributed by atoms with E-state index in [-0.39, 0.29) is 5.91 Å². The fourth-order valence-electron chi connectivity index (χ4n) is 1.96. The molecule has 0 atom stereocenters. The van der Waals surface area contributed by atoms with Crippen LogP contribution in [0.2, 0.25) is 0 Å². The van der Waals surface area contributed by atoms with Crippen LogP contribution in [-0.2, 0) is 10.5 Å². The summed E-state index contributed by atoms with van der Waals surface area (Å²) >= 11 is 3.38. The molecule has 1 N–H and O–H groups in total. The van der Waals surface area contributed by atoms with Gasteiger partial charge in [-0.2, -0.15) is 0 Å². The molecule has 2 aromatic rings. The summed E-state index contributed by atoms with van der Waals surface area (Å²) in [5.41, 5.74) is 2.23. The maximum absolute atomic E-state index is 11.7. The van der Waals surface area contributed by atoms with Crippen LogP contribution in [0.15, 0.2) is 30.3 Å². The monoisotopic (exact) mass is 334 g/mol. The van der Waals surface area contributed by atoms with Gasteiger partial charge < -0.3 is 5.32 Å².